The molecule has 3 rings (SSSR count). The van der Waals surface area contributed by atoms with Crippen LogP contribution in [-0.4, -0.2) is 122 Å². The third-order valence-electron chi connectivity index (χ3n) is 8.89. The zero-order valence-corrected chi connectivity index (χ0v) is 32.0. The lowest BCUT2D eigenvalue weighted by Gasteiger charge is -2.31. The highest BCUT2D eigenvalue weighted by molar-refractivity contribution is 7.92. The van der Waals surface area contributed by atoms with Crippen LogP contribution < -0.4 is 5.32 Å². The highest BCUT2D eigenvalue weighted by atomic mass is 32.3. The first-order valence-corrected chi connectivity index (χ1v) is 20.3. The number of nitrogens with zero attached hydrogens (tertiary/aromatic N) is 3. The van der Waals surface area contributed by atoms with Gasteiger partial charge in [-0.05, 0) is 38.4 Å². The Hall–Kier alpha value is -3.71. The number of carbonyl (C=O) groups excluding carboxylic acids is 4. The zero-order valence-electron chi connectivity index (χ0n) is 30.4. The molecule has 1 aromatic heterocycles. The number of oxazole rings is 1. The van der Waals surface area contributed by atoms with Crippen LogP contribution >= 0.6 is 0 Å². The standard InChI is InChI=1S/C34H50N4O12S2/c1-7-37(8-2)16-17-51(43,44)28-13-15-38-31(28)34(42)49-32(22(3)4)24(6)11-12-29(40)35-14-9-10-23(5)18-26(50-52(45,46)47)19-25(39)20-30-36-27(21-48-30)33(38)41/h9-12,18,21-22,24,26,28,31-32H,7-8,13-17,19-20H2,1-6H3,(H,35,40)(H,45,46,47)/b10-9+,12-11+,23-18+/t24-,26-,28-,31-,32-/m1/s1. The van der Waals surface area contributed by atoms with E-state index in [1.165, 1.54) is 12.2 Å². The van der Waals surface area contributed by atoms with E-state index in [0.717, 1.165) is 11.2 Å². The second-order valence-corrected chi connectivity index (χ2v) is 16.6. The number of sulfone groups is 1. The number of allylic oxidation sites excluding steroid dienone is 2. The van der Waals surface area contributed by atoms with Crippen LogP contribution in [-0.2, 0) is 50.0 Å². The molecule has 290 valence electrons. The van der Waals surface area contributed by atoms with E-state index in [1.54, 1.807) is 32.1 Å². The van der Waals surface area contributed by atoms with Crippen molar-refractivity contribution in [1.82, 2.24) is 20.1 Å². The van der Waals surface area contributed by atoms with Crippen LogP contribution in [0.5, 0.6) is 0 Å². The Morgan fingerprint density at radius 3 is 2.44 bits per heavy atom. The van der Waals surface area contributed by atoms with E-state index in [9.17, 15) is 40.6 Å². The average molecular weight is 771 g/mol. The Kier molecular flexibility index (Phi) is 15.5. The summed E-state index contributed by atoms with van der Waals surface area (Å²) in [6, 6.07) is -1.52. The number of Topliss-reactive ketones (excluding diaryl/α,β-unsaturated/α-hetero) is 1. The van der Waals surface area contributed by atoms with E-state index < -0.39 is 86.1 Å². The zero-order chi connectivity index (χ0) is 38.8. The number of aromatic nitrogens is 1. The van der Waals surface area contributed by atoms with Crippen molar-refractivity contribution in [3.63, 3.8) is 0 Å². The van der Waals surface area contributed by atoms with Gasteiger partial charge < -0.3 is 24.3 Å². The summed E-state index contributed by atoms with van der Waals surface area (Å²) in [6.07, 6.45) is 5.03. The summed E-state index contributed by atoms with van der Waals surface area (Å²) in [5, 5.41) is 1.40. The van der Waals surface area contributed by atoms with Crippen molar-refractivity contribution in [2.24, 2.45) is 11.8 Å². The van der Waals surface area contributed by atoms with Crippen LogP contribution in [0, 0.1) is 11.8 Å². The molecule has 16 nitrogen and oxygen atoms in total. The summed E-state index contributed by atoms with van der Waals surface area (Å²) in [7, 11) is -8.89. The Morgan fingerprint density at radius 2 is 1.81 bits per heavy atom. The lowest BCUT2D eigenvalue weighted by Crippen LogP contribution is -2.50. The molecule has 2 bridgehead atoms. The summed E-state index contributed by atoms with van der Waals surface area (Å²) >= 11 is 0. The Labute approximate surface area is 305 Å². The third-order valence-corrected chi connectivity index (χ3v) is 11.5. The first-order chi connectivity index (χ1) is 24.3. The first-order valence-electron chi connectivity index (χ1n) is 17.2. The molecule has 52 heavy (non-hydrogen) atoms. The molecule has 0 radical (unpaired) electrons. The predicted octanol–water partition coefficient (Wildman–Crippen LogP) is 2.10. The van der Waals surface area contributed by atoms with E-state index in [0.29, 0.717) is 18.7 Å². The molecule has 2 aliphatic heterocycles. The fourth-order valence-corrected chi connectivity index (χ4v) is 8.56. The molecule has 5 atom stereocenters. The molecule has 0 aliphatic carbocycles. The number of amides is 2. The molecule has 1 fully saturated rings. The van der Waals surface area contributed by atoms with E-state index in [4.69, 9.17) is 9.15 Å². The monoisotopic (exact) mass is 770 g/mol. The lowest BCUT2D eigenvalue weighted by molar-refractivity contribution is -0.157. The summed E-state index contributed by atoms with van der Waals surface area (Å²) in [6.45, 7) is 12.3. The molecule has 2 amide bonds. The van der Waals surface area contributed by atoms with Gasteiger partial charge in [-0.15, -0.1) is 0 Å². The number of nitrogens with one attached hydrogen (secondary N) is 1. The maximum atomic E-state index is 14.0. The van der Waals surface area contributed by atoms with Crippen molar-refractivity contribution < 1.29 is 53.9 Å². The average Bonchev–Trinajstić information content (AvgIpc) is 3.71. The quantitative estimate of drug-likeness (QED) is 0.272. The number of ether oxygens (including phenoxy) is 1. The second-order valence-electron chi connectivity index (χ2n) is 13.2. The summed E-state index contributed by atoms with van der Waals surface area (Å²) in [5.74, 6) is -3.99. The van der Waals surface area contributed by atoms with Crippen LogP contribution in [0.4, 0.5) is 0 Å². The van der Waals surface area contributed by atoms with Gasteiger partial charge in [0.15, 0.2) is 15.5 Å². The molecular weight excluding hydrogens is 721 g/mol. The van der Waals surface area contributed by atoms with Gasteiger partial charge in [-0.2, -0.15) is 8.42 Å². The number of ketones is 1. The molecule has 0 spiro atoms. The van der Waals surface area contributed by atoms with E-state index in [1.807, 2.05) is 32.6 Å². The van der Waals surface area contributed by atoms with Gasteiger partial charge in [0, 0.05) is 32.0 Å². The fraction of sp³-hybridized carbons (Fsp3) is 0.618. The van der Waals surface area contributed by atoms with Crippen LogP contribution in [0.2, 0.25) is 0 Å². The SMILES string of the molecule is CCN(CC)CCS(=O)(=O)[C@@H]1CCN2C(=O)c3coc(n3)CC(=O)C[C@H](OS(=O)(=O)O)/C=C(C)/C=C/CNC(=O)/C=C/[C@@H](C)[C@@H](C(C)C)OC(=O)[C@@H]12. The molecule has 0 aromatic carbocycles. The van der Waals surface area contributed by atoms with Crippen molar-refractivity contribution in [2.45, 2.75) is 84.3 Å². The minimum atomic E-state index is -4.95. The normalized spacial score (nSPS) is 27.1. The van der Waals surface area contributed by atoms with E-state index >= 15 is 0 Å². The minimum Gasteiger partial charge on any atom is -0.460 e. The fourth-order valence-electron chi connectivity index (χ4n) is 6.19. The maximum absolute atomic E-state index is 14.0. The number of hydrogen-bond donors (Lipinski definition) is 2. The Bertz CT molecular complexity index is 1750. The van der Waals surface area contributed by atoms with Gasteiger partial charge in [0.1, 0.15) is 30.3 Å². The molecular formula is C34H50N4O12S2. The largest absolute Gasteiger partial charge is 0.460 e. The van der Waals surface area contributed by atoms with Gasteiger partial charge in [0.05, 0.1) is 17.4 Å². The lowest BCUT2D eigenvalue weighted by atomic mass is 9.94. The molecule has 1 saturated heterocycles. The van der Waals surface area contributed by atoms with Crippen molar-refractivity contribution >= 4 is 43.8 Å². The van der Waals surface area contributed by atoms with Gasteiger partial charge in [0.2, 0.25) is 11.8 Å². The molecule has 1 aromatic rings. The molecule has 2 N–H and O–H groups in total. The Morgan fingerprint density at radius 1 is 1.12 bits per heavy atom. The van der Waals surface area contributed by atoms with E-state index in [2.05, 4.69) is 14.5 Å². The van der Waals surface area contributed by atoms with Crippen molar-refractivity contribution in [1.29, 1.82) is 0 Å². The van der Waals surface area contributed by atoms with Gasteiger partial charge in [0.25, 0.3) is 5.91 Å². The van der Waals surface area contributed by atoms with E-state index in [-0.39, 0.29) is 49.3 Å². The highest BCUT2D eigenvalue weighted by Gasteiger charge is 2.50. The summed E-state index contributed by atoms with van der Waals surface area (Å²) < 4.78 is 75.9. The Balaban J connectivity index is 2.04. The summed E-state index contributed by atoms with van der Waals surface area (Å²) in [4.78, 5) is 60.6. The number of carbonyl (C=O) groups is 4. The number of hydrogen-bond acceptors (Lipinski definition) is 13. The molecule has 18 heteroatoms. The topological polar surface area (TPSA) is 220 Å². The van der Waals surface area contributed by atoms with Crippen molar-refractivity contribution in [3.8, 4) is 0 Å². The predicted molar refractivity (Wildman–Crippen MR) is 190 cm³/mol. The first kappa shape index (κ1) is 42.7. The molecule has 2 aliphatic rings. The number of cyclic esters (lactones) is 1. The maximum Gasteiger partial charge on any atom is 0.397 e. The van der Waals surface area contributed by atoms with Crippen LogP contribution in [0.1, 0.15) is 70.8 Å². The highest BCUT2D eigenvalue weighted by Crippen LogP contribution is 2.30. The molecule has 3 heterocycles. The third kappa shape index (κ3) is 12.5. The van der Waals surface area contributed by atoms with Crippen molar-refractivity contribution in [2.75, 3.05) is 38.5 Å². The second kappa shape index (κ2) is 18.9. The van der Waals surface area contributed by atoms with Gasteiger partial charge in [-0.3, -0.25) is 18.9 Å². The number of rotatable bonds is 9. The van der Waals surface area contributed by atoms with Gasteiger partial charge in [-0.25, -0.2) is 22.4 Å². The van der Waals surface area contributed by atoms with Crippen LogP contribution in [0.25, 0.3) is 0 Å². The summed E-state index contributed by atoms with van der Waals surface area (Å²) in [5.41, 5.74) is 0.173. The number of esters is 1. The molecule has 0 saturated carbocycles. The molecule has 0 unspecified atom stereocenters. The van der Waals surface area contributed by atoms with Crippen LogP contribution in [0.3, 0.4) is 0 Å². The van der Waals surface area contributed by atoms with Gasteiger partial charge in [-0.1, -0.05) is 64.5 Å². The minimum absolute atomic E-state index is 0.0339. The van der Waals surface area contributed by atoms with Crippen LogP contribution in [0.15, 0.2) is 46.6 Å². The van der Waals surface area contributed by atoms with Crippen molar-refractivity contribution in [3.05, 3.63) is 53.8 Å². The van der Waals surface area contributed by atoms with Gasteiger partial charge >= 0.3 is 16.4 Å². The number of fused-ring (bicyclic) bond motifs is 3. The smallest absolute Gasteiger partial charge is 0.397 e.